The monoisotopic (exact) mass is 195 g/mol. The molecule has 0 radical (unpaired) electrons. The molecule has 1 unspecified atom stereocenters. The summed E-state index contributed by atoms with van der Waals surface area (Å²) in [4.78, 5) is 17.3. The van der Waals surface area contributed by atoms with Gasteiger partial charge in [0.2, 0.25) is 5.89 Å². The largest absolute Gasteiger partial charge is 0.344 e. The molecule has 1 heterocycles. The Morgan fingerprint density at radius 3 is 2.79 bits per heavy atom. The number of hydrogen-bond donors (Lipinski definition) is 0. The molecule has 76 valence electrons. The minimum Gasteiger partial charge on any atom is -0.344 e. The van der Waals surface area contributed by atoms with Crippen molar-refractivity contribution < 1.29 is 9.32 Å². The van der Waals surface area contributed by atoms with Gasteiger partial charge in [-0.2, -0.15) is 4.98 Å². The van der Waals surface area contributed by atoms with Gasteiger partial charge in [0.25, 0.3) is 5.95 Å². The summed E-state index contributed by atoms with van der Waals surface area (Å²) < 4.78 is 5.06. The summed E-state index contributed by atoms with van der Waals surface area (Å²) in [5, 5.41) is 3.78. The molecule has 14 heavy (non-hydrogen) atoms. The predicted octanol–water partition coefficient (Wildman–Crippen LogP) is 0.972. The Hall–Kier alpha value is -1.39. The number of carbonyl (C=O) groups excluding carboxylic acids is 1. The van der Waals surface area contributed by atoms with Gasteiger partial charge >= 0.3 is 0 Å². The highest BCUT2D eigenvalue weighted by atomic mass is 16.5. The smallest absolute Gasteiger partial charge is 0.265 e. The van der Waals surface area contributed by atoms with Crippen LogP contribution in [0.25, 0.3) is 0 Å². The molecule has 1 fully saturated rings. The van der Waals surface area contributed by atoms with Crippen LogP contribution in [0.2, 0.25) is 0 Å². The first kappa shape index (κ1) is 9.18. The van der Waals surface area contributed by atoms with E-state index in [2.05, 4.69) is 10.1 Å². The molecule has 5 heteroatoms. The summed E-state index contributed by atoms with van der Waals surface area (Å²) in [6, 6.07) is 0. The van der Waals surface area contributed by atoms with Gasteiger partial charge in [-0.05, 0) is 18.0 Å². The third-order valence-corrected chi connectivity index (χ3v) is 2.43. The molecule has 0 aliphatic heterocycles. The van der Waals surface area contributed by atoms with E-state index in [1.807, 2.05) is 14.1 Å². The van der Waals surface area contributed by atoms with Crippen LogP contribution in [0, 0.1) is 0 Å². The van der Waals surface area contributed by atoms with Gasteiger partial charge in [0.05, 0.1) is 5.92 Å². The molecule has 1 atom stereocenters. The van der Waals surface area contributed by atoms with Gasteiger partial charge in [0.15, 0.2) is 0 Å². The molecule has 1 saturated carbocycles. The number of hydrogen-bond acceptors (Lipinski definition) is 5. The zero-order chi connectivity index (χ0) is 10.1. The predicted molar refractivity (Wildman–Crippen MR) is 50.2 cm³/mol. The minimum atomic E-state index is -0.156. The van der Waals surface area contributed by atoms with E-state index in [9.17, 15) is 4.79 Å². The fraction of sp³-hybridized carbons (Fsp3) is 0.667. The van der Waals surface area contributed by atoms with Crippen molar-refractivity contribution in [2.24, 2.45) is 0 Å². The molecule has 0 N–H and O–H groups in total. The maximum Gasteiger partial charge on any atom is 0.265 e. The zero-order valence-corrected chi connectivity index (χ0v) is 8.36. The highest BCUT2D eigenvalue weighted by Crippen LogP contribution is 2.30. The number of carbonyl (C=O) groups is 1. The number of ketones is 1. The Labute approximate surface area is 82.1 Å². The van der Waals surface area contributed by atoms with Gasteiger partial charge in [-0.1, -0.05) is 0 Å². The van der Waals surface area contributed by atoms with E-state index in [0.717, 1.165) is 12.8 Å². The van der Waals surface area contributed by atoms with E-state index in [0.29, 0.717) is 18.3 Å². The Kier molecular flexibility index (Phi) is 2.23. The number of aromatic nitrogens is 2. The van der Waals surface area contributed by atoms with Crippen molar-refractivity contribution in [3.63, 3.8) is 0 Å². The van der Waals surface area contributed by atoms with E-state index in [1.165, 1.54) is 0 Å². The third kappa shape index (κ3) is 1.49. The Balaban J connectivity index is 2.20. The second-order valence-corrected chi connectivity index (χ2v) is 3.74. The fourth-order valence-electron chi connectivity index (χ4n) is 1.63. The molecule has 1 aliphatic carbocycles. The molecular formula is C9H13N3O2. The number of rotatable bonds is 2. The quantitative estimate of drug-likeness (QED) is 0.703. The van der Waals surface area contributed by atoms with E-state index < -0.39 is 0 Å². The topological polar surface area (TPSA) is 59.2 Å². The van der Waals surface area contributed by atoms with Gasteiger partial charge < -0.3 is 9.42 Å². The van der Waals surface area contributed by atoms with Crippen LogP contribution in [0.5, 0.6) is 0 Å². The maximum absolute atomic E-state index is 11.4. The zero-order valence-electron chi connectivity index (χ0n) is 8.36. The lowest BCUT2D eigenvalue weighted by Crippen LogP contribution is -2.11. The molecule has 0 amide bonds. The number of Topliss-reactive ketones (excluding diaryl/α,β-unsaturated/α-hetero) is 1. The Morgan fingerprint density at radius 2 is 2.29 bits per heavy atom. The van der Waals surface area contributed by atoms with Crippen LogP contribution in [-0.4, -0.2) is 30.0 Å². The second-order valence-electron chi connectivity index (χ2n) is 3.74. The lowest BCUT2D eigenvalue weighted by atomic mass is 10.1. The van der Waals surface area contributed by atoms with Crippen LogP contribution in [0.15, 0.2) is 4.52 Å². The summed E-state index contributed by atoms with van der Waals surface area (Å²) in [7, 11) is 3.68. The summed E-state index contributed by atoms with van der Waals surface area (Å²) in [6.45, 7) is 0. The summed E-state index contributed by atoms with van der Waals surface area (Å²) in [6.07, 6.45) is 2.42. The van der Waals surface area contributed by atoms with Gasteiger partial charge in [-0.3, -0.25) is 4.79 Å². The second kappa shape index (κ2) is 3.40. The molecule has 0 spiro atoms. The molecule has 0 bridgehead atoms. The van der Waals surface area contributed by atoms with Gasteiger partial charge in [0, 0.05) is 20.5 Å². The van der Waals surface area contributed by atoms with Crippen molar-refractivity contribution in [1.82, 2.24) is 10.1 Å². The summed E-state index contributed by atoms with van der Waals surface area (Å²) in [5.41, 5.74) is 0. The molecule has 1 aromatic heterocycles. The minimum absolute atomic E-state index is 0.156. The molecular weight excluding hydrogens is 182 g/mol. The van der Waals surface area contributed by atoms with E-state index in [-0.39, 0.29) is 11.7 Å². The average Bonchev–Trinajstić information content (AvgIpc) is 2.71. The first-order valence-corrected chi connectivity index (χ1v) is 4.72. The Morgan fingerprint density at radius 1 is 1.50 bits per heavy atom. The van der Waals surface area contributed by atoms with Crippen molar-refractivity contribution in [1.29, 1.82) is 0 Å². The van der Waals surface area contributed by atoms with Crippen LogP contribution in [0.4, 0.5) is 5.95 Å². The van der Waals surface area contributed by atoms with Gasteiger partial charge in [-0.15, -0.1) is 0 Å². The van der Waals surface area contributed by atoms with Gasteiger partial charge in [0.1, 0.15) is 5.78 Å². The molecule has 1 aliphatic rings. The van der Waals surface area contributed by atoms with E-state index >= 15 is 0 Å². The number of nitrogens with zero attached hydrogens (tertiary/aromatic N) is 3. The highest BCUT2D eigenvalue weighted by molar-refractivity contribution is 5.86. The lowest BCUT2D eigenvalue weighted by molar-refractivity contribution is -0.119. The molecule has 2 rings (SSSR count). The third-order valence-electron chi connectivity index (χ3n) is 2.43. The van der Waals surface area contributed by atoms with Crippen molar-refractivity contribution in [3.05, 3.63) is 5.89 Å². The van der Waals surface area contributed by atoms with Crippen LogP contribution in [0.1, 0.15) is 31.1 Å². The van der Waals surface area contributed by atoms with Crippen molar-refractivity contribution in [3.8, 4) is 0 Å². The van der Waals surface area contributed by atoms with Gasteiger partial charge in [-0.25, -0.2) is 0 Å². The molecule has 1 aromatic rings. The summed E-state index contributed by atoms with van der Waals surface area (Å²) >= 11 is 0. The summed E-state index contributed by atoms with van der Waals surface area (Å²) in [5.74, 6) is 1.06. The molecule has 0 saturated heterocycles. The van der Waals surface area contributed by atoms with Crippen molar-refractivity contribution >= 4 is 11.7 Å². The first-order valence-electron chi connectivity index (χ1n) is 4.72. The fourth-order valence-corrected chi connectivity index (χ4v) is 1.63. The van der Waals surface area contributed by atoms with Crippen LogP contribution < -0.4 is 4.90 Å². The van der Waals surface area contributed by atoms with Crippen molar-refractivity contribution in [2.75, 3.05) is 19.0 Å². The Bertz CT molecular complexity index is 346. The molecule has 0 aromatic carbocycles. The first-order chi connectivity index (χ1) is 6.68. The van der Waals surface area contributed by atoms with Crippen LogP contribution in [-0.2, 0) is 4.79 Å². The van der Waals surface area contributed by atoms with E-state index in [1.54, 1.807) is 4.90 Å². The highest BCUT2D eigenvalue weighted by Gasteiger charge is 2.31. The molecule has 5 nitrogen and oxygen atoms in total. The number of anilines is 1. The van der Waals surface area contributed by atoms with Crippen LogP contribution in [0.3, 0.4) is 0 Å². The standard InChI is InChI=1S/C9H13N3O2/c1-12(2)9-10-8(14-11-9)6-4-3-5-7(6)13/h6H,3-5H2,1-2H3. The van der Waals surface area contributed by atoms with Crippen LogP contribution >= 0.6 is 0 Å². The average molecular weight is 195 g/mol. The lowest BCUT2D eigenvalue weighted by Gasteiger charge is -2.03. The normalized spacial score (nSPS) is 21.6. The van der Waals surface area contributed by atoms with E-state index in [4.69, 9.17) is 4.52 Å². The SMILES string of the molecule is CN(C)c1noc(C2CCCC2=O)n1. The maximum atomic E-state index is 11.4. The van der Waals surface area contributed by atoms with Crippen molar-refractivity contribution in [2.45, 2.75) is 25.2 Å².